The van der Waals surface area contributed by atoms with E-state index >= 15 is 0 Å². The quantitative estimate of drug-likeness (QED) is 0.188. The van der Waals surface area contributed by atoms with Gasteiger partial charge in [0.1, 0.15) is 11.9 Å². The van der Waals surface area contributed by atoms with Crippen molar-refractivity contribution >= 4 is 28.6 Å². The maximum atomic E-state index is 13.6. The number of nitrogens with zero attached hydrogens (tertiary/aromatic N) is 1. The predicted molar refractivity (Wildman–Crippen MR) is 159 cm³/mol. The summed E-state index contributed by atoms with van der Waals surface area (Å²) in [4.78, 5) is 37.7. The molecule has 214 valence electrons. The Hall–Kier alpha value is -3.97. The lowest BCUT2D eigenvalue weighted by Crippen LogP contribution is -2.66. The minimum Gasteiger partial charge on any atom is -0.462 e. The molecule has 41 heavy (non-hydrogen) atoms. The average molecular weight is 556 g/mol. The van der Waals surface area contributed by atoms with Gasteiger partial charge in [-0.25, -0.2) is 0 Å². The standard InChI is InChI=1S/C34H38N2O5/c1-5-16-36(4)17-15-34(28-11-8-12-30(19-28)40-23(2)37)21-29(20-32(31(34)22-36)41-24(3)38)35-33(39)27-14-13-25-9-6-7-10-26(25)18-27/h5-14,18-19,29,31-32H,1,15-17,20-22H2,2-4H3/p+1/t29-,31?,32?,34+,36+/m1/s1. The Morgan fingerprint density at radius 1 is 1.02 bits per heavy atom. The molecule has 0 spiro atoms. The van der Waals surface area contributed by atoms with Crippen molar-refractivity contribution in [2.24, 2.45) is 5.92 Å². The van der Waals surface area contributed by atoms with Crippen LogP contribution in [0.5, 0.6) is 5.75 Å². The van der Waals surface area contributed by atoms with E-state index in [1.54, 1.807) is 6.07 Å². The number of benzene rings is 3. The van der Waals surface area contributed by atoms with Crippen molar-refractivity contribution in [1.82, 2.24) is 5.32 Å². The Kier molecular flexibility index (Phi) is 8.00. The summed E-state index contributed by atoms with van der Waals surface area (Å²) in [7, 11) is 2.22. The van der Waals surface area contributed by atoms with Gasteiger partial charge in [-0.15, -0.1) is 0 Å². The van der Waals surface area contributed by atoms with E-state index in [1.807, 2.05) is 60.7 Å². The first-order chi connectivity index (χ1) is 19.6. The summed E-state index contributed by atoms with van der Waals surface area (Å²) in [6.07, 6.45) is 3.61. The van der Waals surface area contributed by atoms with E-state index in [2.05, 4.69) is 25.0 Å². The summed E-state index contributed by atoms with van der Waals surface area (Å²) in [6.45, 7) is 9.33. The Morgan fingerprint density at radius 3 is 2.54 bits per heavy atom. The van der Waals surface area contributed by atoms with Crippen LogP contribution in [0, 0.1) is 5.92 Å². The Balaban J connectivity index is 1.52. The van der Waals surface area contributed by atoms with Crippen molar-refractivity contribution in [1.29, 1.82) is 0 Å². The number of carbonyl (C=O) groups is 3. The van der Waals surface area contributed by atoms with Crippen molar-refractivity contribution in [3.63, 3.8) is 0 Å². The molecule has 2 fully saturated rings. The molecule has 5 rings (SSSR count). The summed E-state index contributed by atoms with van der Waals surface area (Å²) in [5.74, 6) is -0.359. The maximum absolute atomic E-state index is 13.6. The molecule has 5 atom stereocenters. The van der Waals surface area contributed by atoms with Gasteiger partial charge in [-0.3, -0.25) is 14.4 Å². The zero-order valence-electron chi connectivity index (χ0n) is 24.1. The summed E-state index contributed by atoms with van der Waals surface area (Å²) in [5, 5.41) is 5.37. The number of hydrogen-bond acceptors (Lipinski definition) is 5. The van der Waals surface area contributed by atoms with Gasteiger partial charge >= 0.3 is 11.9 Å². The number of likely N-dealkylation sites (N-methyl/N-ethyl adjacent to an activating group) is 1. The summed E-state index contributed by atoms with van der Waals surface area (Å²) >= 11 is 0. The number of nitrogens with one attached hydrogen (secondary N) is 1. The van der Waals surface area contributed by atoms with E-state index in [1.165, 1.54) is 13.8 Å². The van der Waals surface area contributed by atoms with Crippen LogP contribution in [0.3, 0.4) is 0 Å². The molecule has 2 aliphatic rings. The topological polar surface area (TPSA) is 81.7 Å². The normalized spacial score (nSPS) is 27.3. The van der Waals surface area contributed by atoms with Crippen molar-refractivity contribution in [2.75, 3.05) is 26.7 Å². The van der Waals surface area contributed by atoms with E-state index in [0.717, 1.165) is 46.9 Å². The number of rotatable bonds is 7. The number of quaternary nitrogens is 1. The molecule has 1 aliphatic carbocycles. The Labute approximate surface area is 241 Å². The molecule has 0 aromatic heterocycles. The fourth-order valence-electron chi connectivity index (χ4n) is 7.13. The third-order valence-corrected chi connectivity index (χ3v) is 8.93. The van der Waals surface area contributed by atoms with Crippen LogP contribution in [-0.2, 0) is 19.7 Å². The molecule has 1 amide bonds. The number of ether oxygens (including phenoxy) is 2. The number of piperidine rings is 1. The SMILES string of the molecule is C=CC[N@@+]1(C)CC[C@@]2(c3cccc(OC(C)=O)c3)C[C@H](NC(=O)c3ccc4ccccc4c3)CC(OC(C)=O)C2C1. The van der Waals surface area contributed by atoms with Crippen LogP contribution in [0.15, 0.2) is 79.4 Å². The highest BCUT2D eigenvalue weighted by atomic mass is 16.5. The van der Waals surface area contributed by atoms with Gasteiger partial charge in [-0.05, 0) is 53.1 Å². The fraction of sp³-hybridized carbons (Fsp3) is 0.382. The summed E-state index contributed by atoms with van der Waals surface area (Å²) in [5.41, 5.74) is 1.24. The molecule has 1 saturated carbocycles. The van der Waals surface area contributed by atoms with E-state index in [9.17, 15) is 14.4 Å². The Morgan fingerprint density at radius 2 is 1.80 bits per heavy atom. The molecule has 1 aliphatic heterocycles. The lowest BCUT2D eigenvalue weighted by atomic mass is 9.56. The third-order valence-electron chi connectivity index (χ3n) is 8.93. The van der Waals surface area contributed by atoms with Crippen LogP contribution in [0.2, 0.25) is 0 Å². The first-order valence-corrected chi connectivity index (χ1v) is 14.3. The summed E-state index contributed by atoms with van der Waals surface area (Å²) < 4.78 is 12.3. The molecular weight excluding hydrogens is 516 g/mol. The van der Waals surface area contributed by atoms with Crippen LogP contribution in [0.4, 0.5) is 0 Å². The molecule has 3 aromatic rings. The molecule has 1 saturated heterocycles. The van der Waals surface area contributed by atoms with E-state index in [0.29, 0.717) is 24.2 Å². The predicted octanol–water partition coefficient (Wildman–Crippen LogP) is 5.18. The second-order valence-electron chi connectivity index (χ2n) is 12.0. The second-order valence-corrected chi connectivity index (χ2v) is 12.0. The molecule has 2 unspecified atom stereocenters. The maximum Gasteiger partial charge on any atom is 0.308 e. The molecular formula is C34H39N2O5+. The average Bonchev–Trinajstić information content (AvgIpc) is 2.93. The van der Waals surface area contributed by atoms with Gasteiger partial charge in [-0.1, -0.05) is 49.0 Å². The molecule has 0 bridgehead atoms. The van der Waals surface area contributed by atoms with Crippen LogP contribution >= 0.6 is 0 Å². The lowest BCUT2D eigenvalue weighted by Gasteiger charge is -2.57. The van der Waals surface area contributed by atoms with Crippen molar-refractivity contribution in [2.45, 2.75) is 50.7 Å². The van der Waals surface area contributed by atoms with E-state index in [4.69, 9.17) is 9.47 Å². The first-order valence-electron chi connectivity index (χ1n) is 14.3. The minimum atomic E-state index is -0.394. The van der Waals surface area contributed by atoms with Gasteiger partial charge in [0.25, 0.3) is 5.91 Å². The number of hydrogen-bond donors (Lipinski definition) is 1. The van der Waals surface area contributed by atoms with Gasteiger partial charge in [0.15, 0.2) is 0 Å². The molecule has 3 aromatic carbocycles. The van der Waals surface area contributed by atoms with E-state index in [-0.39, 0.29) is 35.9 Å². The zero-order valence-corrected chi connectivity index (χ0v) is 24.1. The number of carbonyl (C=O) groups excluding carboxylic acids is 3. The molecule has 1 heterocycles. The zero-order chi connectivity index (χ0) is 29.2. The number of esters is 2. The largest absolute Gasteiger partial charge is 0.462 e. The minimum absolute atomic E-state index is 0.00602. The number of amides is 1. The fourth-order valence-corrected chi connectivity index (χ4v) is 7.13. The smallest absolute Gasteiger partial charge is 0.308 e. The van der Waals surface area contributed by atoms with Crippen LogP contribution in [-0.4, -0.2) is 61.2 Å². The van der Waals surface area contributed by atoms with Crippen LogP contribution in [0.1, 0.15) is 49.0 Å². The van der Waals surface area contributed by atoms with Crippen molar-refractivity contribution in [3.8, 4) is 5.75 Å². The van der Waals surface area contributed by atoms with Gasteiger partial charge in [0.05, 0.1) is 32.6 Å². The second kappa shape index (κ2) is 11.5. The first kappa shape index (κ1) is 28.6. The number of fused-ring (bicyclic) bond motifs is 2. The van der Waals surface area contributed by atoms with Crippen molar-refractivity contribution in [3.05, 3.63) is 90.5 Å². The van der Waals surface area contributed by atoms with Crippen LogP contribution < -0.4 is 10.1 Å². The Bertz CT molecular complexity index is 1480. The monoisotopic (exact) mass is 555 g/mol. The summed E-state index contributed by atoms with van der Waals surface area (Å²) in [6, 6.07) is 21.2. The van der Waals surface area contributed by atoms with Crippen LogP contribution in [0.25, 0.3) is 10.8 Å². The molecule has 1 N–H and O–H groups in total. The van der Waals surface area contributed by atoms with Crippen molar-refractivity contribution < 1.29 is 28.3 Å². The third kappa shape index (κ3) is 6.05. The highest BCUT2D eigenvalue weighted by Gasteiger charge is 2.57. The highest BCUT2D eigenvalue weighted by Crippen LogP contribution is 2.51. The molecule has 0 radical (unpaired) electrons. The number of likely N-dealkylation sites (tertiary alicyclic amines) is 1. The van der Waals surface area contributed by atoms with Gasteiger partial charge in [-0.2, -0.15) is 0 Å². The molecule has 7 nitrogen and oxygen atoms in total. The van der Waals surface area contributed by atoms with Gasteiger partial charge < -0.3 is 19.3 Å². The lowest BCUT2D eigenvalue weighted by molar-refractivity contribution is -0.914. The molecule has 7 heteroatoms. The highest BCUT2D eigenvalue weighted by molar-refractivity contribution is 5.98. The van der Waals surface area contributed by atoms with Gasteiger partial charge in [0, 0.05) is 43.7 Å². The van der Waals surface area contributed by atoms with E-state index < -0.39 is 5.41 Å². The van der Waals surface area contributed by atoms with Gasteiger partial charge in [0.2, 0.25) is 0 Å².